The van der Waals surface area contributed by atoms with E-state index in [-0.39, 0.29) is 40.7 Å². The maximum absolute atomic E-state index is 13.8. The highest BCUT2D eigenvalue weighted by Gasteiger charge is 2.68. The number of nitrogens with zero attached hydrogens (tertiary/aromatic N) is 5. The molecule has 3 saturated carbocycles. The number of anilines is 1. The number of carbonyl (C=O) groups excluding carboxylic acids is 1. The maximum Gasteiger partial charge on any atom is 0.271 e. The number of fused-ring (bicyclic) bond motifs is 2. The van der Waals surface area contributed by atoms with Crippen LogP contribution in [0.5, 0.6) is 0 Å². The van der Waals surface area contributed by atoms with Gasteiger partial charge in [-0.3, -0.25) is 9.20 Å². The lowest BCUT2D eigenvalue weighted by Gasteiger charge is -2.70. The Hall–Kier alpha value is -4.45. The molecule has 0 radical (unpaired) electrons. The van der Waals surface area contributed by atoms with E-state index < -0.39 is 6.43 Å². The van der Waals surface area contributed by atoms with Crippen LogP contribution in [-0.4, -0.2) is 54.7 Å². The zero-order valence-electron chi connectivity index (χ0n) is 22.2. The highest BCUT2D eigenvalue weighted by atomic mass is 19.3. The number of aryl methyl sites for hydroxylation is 1. The van der Waals surface area contributed by atoms with Crippen LogP contribution in [0, 0.1) is 18.2 Å². The fourth-order valence-electron chi connectivity index (χ4n) is 6.58. The number of alkyl halides is 2. The summed E-state index contributed by atoms with van der Waals surface area (Å²) in [7, 11) is 0. The number of hydrogen-bond acceptors (Lipinski definition) is 6. The summed E-state index contributed by atoms with van der Waals surface area (Å²) in [4.78, 5) is 27.0. The van der Waals surface area contributed by atoms with Gasteiger partial charge in [-0.1, -0.05) is 0 Å². The van der Waals surface area contributed by atoms with Gasteiger partial charge in [0, 0.05) is 47.5 Å². The molecule has 1 amide bonds. The average Bonchev–Trinajstić information content (AvgIpc) is 3.51. The topological polar surface area (TPSA) is 115 Å². The second-order valence-corrected chi connectivity index (χ2v) is 11.4. The van der Waals surface area contributed by atoms with Crippen molar-refractivity contribution in [3.8, 4) is 22.5 Å². The number of halogens is 3. The smallest absolute Gasteiger partial charge is 0.271 e. The minimum Gasteiger partial charge on any atom is -0.381 e. The molecule has 0 spiro atoms. The summed E-state index contributed by atoms with van der Waals surface area (Å²) in [6.07, 6.45) is 5.19. The molecule has 0 saturated heterocycles. The molecule has 3 fully saturated rings. The van der Waals surface area contributed by atoms with Crippen molar-refractivity contribution in [2.45, 2.75) is 38.2 Å². The van der Waals surface area contributed by atoms with Crippen molar-refractivity contribution in [1.82, 2.24) is 34.4 Å². The first-order valence-electron chi connectivity index (χ1n) is 13.3. The molecule has 0 aliphatic heterocycles. The van der Waals surface area contributed by atoms with E-state index in [1.165, 1.54) is 12.1 Å². The molecule has 3 aliphatic rings. The van der Waals surface area contributed by atoms with Gasteiger partial charge in [0.1, 0.15) is 17.2 Å². The van der Waals surface area contributed by atoms with E-state index in [1.807, 2.05) is 29.7 Å². The number of nitrogens with one attached hydrogen (secondary N) is 2. The van der Waals surface area contributed by atoms with Crippen LogP contribution in [-0.2, 0) is 0 Å². The van der Waals surface area contributed by atoms with Crippen molar-refractivity contribution in [3.63, 3.8) is 0 Å². The van der Waals surface area contributed by atoms with Crippen LogP contribution in [0.4, 0.5) is 19.0 Å². The van der Waals surface area contributed by atoms with Crippen LogP contribution in [0.1, 0.15) is 35.4 Å². The Morgan fingerprint density at radius 3 is 2.51 bits per heavy atom. The van der Waals surface area contributed by atoms with Crippen LogP contribution >= 0.6 is 0 Å². The predicted octanol–water partition coefficient (Wildman–Crippen LogP) is 4.25. The number of amides is 1. The third kappa shape index (κ3) is 4.21. The largest absolute Gasteiger partial charge is 0.381 e. The Kier molecular flexibility index (Phi) is 5.62. The normalized spacial score (nSPS) is 21.3. The molecule has 210 valence electrons. The molecule has 4 N–H and O–H groups in total. The van der Waals surface area contributed by atoms with E-state index in [4.69, 9.17) is 5.73 Å². The number of rotatable bonds is 8. The summed E-state index contributed by atoms with van der Waals surface area (Å²) in [5, 5.41) is 5.94. The highest BCUT2D eigenvalue weighted by molar-refractivity contribution is 5.95. The molecule has 8 rings (SSSR count). The number of hydrogen-bond donors (Lipinski definition) is 3. The first-order chi connectivity index (χ1) is 19.6. The minimum absolute atomic E-state index is 0.0310. The van der Waals surface area contributed by atoms with Crippen LogP contribution in [0.3, 0.4) is 0 Å². The lowest BCUT2D eigenvalue weighted by Crippen LogP contribution is -2.76. The Morgan fingerprint density at radius 2 is 1.78 bits per heavy atom. The van der Waals surface area contributed by atoms with E-state index >= 15 is 0 Å². The second-order valence-electron chi connectivity index (χ2n) is 11.4. The second kappa shape index (κ2) is 9.03. The number of pyridine rings is 1. The molecule has 0 atom stereocenters. The Morgan fingerprint density at radius 1 is 1.05 bits per heavy atom. The SMILES string of the molecule is Cc1cnc2ccc(-c3c(-c4ccc(F)cc4)nc(N)c4nc(C(=O)NC56CC(CNCC(F)F)(C5)C6)cn34)cn12. The fourth-order valence-corrected chi connectivity index (χ4v) is 6.58. The third-order valence-corrected chi connectivity index (χ3v) is 8.26. The van der Waals surface area contributed by atoms with Gasteiger partial charge in [-0.05, 0) is 68.0 Å². The van der Waals surface area contributed by atoms with Crippen LogP contribution < -0.4 is 16.4 Å². The molecule has 0 unspecified atom stereocenters. The van der Waals surface area contributed by atoms with Gasteiger partial charge < -0.3 is 20.8 Å². The lowest BCUT2D eigenvalue weighted by atomic mass is 9.39. The number of benzene rings is 1. The Labute approximate surface area is 232 Å². The molecule has 1 aromatic carbocycles. The third-order valence-electron chi connectivity index (χ3n) is 8.26. The first kappa shape index (κ1) is 25.5. The number of imidazole rings is 2. The zero-order chi connectivity index (χ0) is 28.5. The zero-order valence-corrected chi connectivity index (χ0v) is 22.2. The van der Waals surface area contributed by atoms with Gasteiger partial charge in [-0.15, -0.1) is 0 Å². The maximum atomic E-state index is 13.8. The monoisotopic (exact) mass is 560 g/mol. The van der Waals surface area contributed by atoms with E-state index in [2.05, 4.69) is 25.6 Å². The summed E-state index contributed by atoms with van der Waals surface area (Å²) < 4.78 is 42.4. The summed E-state index contributed by atoms with van der Waals surface area (Å²) in [6, 6.07) is 9.77. The number of carbonyl (C=O) groups is 1. The molecule has 9 nitrogen and oxygen atoms in total. The summed E-state index contributed by atoms with van der Waals surface area (Å²) in [5.74, 6) is -0.583. The Balaban J connectivity index is 1.25. The van der Waals surface area contributed by atoms with Crippen molar-refractivity contribution in [2.75, 3.05) is 18.8 Å². The van der Waals surface area contributed by atoms with Crippen molar-refractivity contribution in [1.29, 1.82) is 0 Å². The van der Waals surface area contributed by atoms with Gasteiger partial charge in [0.2, 0.25) is 0 Å². The Bertz CT molecular complexity index is 1810. The van der Waals surface area contributed by atoms with Crippen molar-refractivity contribution in [3.05, 3.63) is 72.2 Å². The quantitative estimate of drug-likeness (QED) is 0.262. The van der Waals surface area contributed by atoms with Crippen molar-refractivity contribution in [2.24, 2.45) is 5.41 Å². The van der Waals surface area contributed by atoms with E-state index in [9.17, 15) is 18.0 Å². The molecule has 41 heavy (non-hydrogen) atoms. The van der Waals surface area contributed by atoms with Gasteiger partial charge in [0.15, 0.2) is 11.5 Å². The van der Waals surface area contributed by atoms with Crippen molar-refractivity contribution < 1.29 is 18.0 Å². The fraction of sp³-hybridized carbons (Fsp3) is 0.310. The van der Waals surface area contributed by atoms with E-state index in [0.717, 1.165) is 36.2 Å². The van der Waals surface area contributed by atoms with Gasteiger partial charge in [-0.2, -0.15) is 0 Å². The molecular weight excluding hydrogens is 533 g/mol. The number of nitrogens with two attached hydrogens (primary N) is 1. The highest BCUT2D eigenvalue weighted by Crippen LogP contribution is 2.66. The molecule has 4 heterocycles. The number of aromatic nitrogens is 5. The predicted molar refractivity (Wildman–Crippen MR) is 147 cm³/mol. The van der Waals surface area contributed by atoms with Crippen LogP contribution in [0.2, 0.25) is 0 Å². The van der Waals surface area contributed by atoms with E-state index in [0.29, 0.717) is 29.1 Å². The summed E-state index contributed by atoms with van der Waals surface area (Å²) in [6.45, 7) is 2.14. The molecule has 2 bridgehead atoms. The van der Waals surface area contributed by atoms with Gasteiger partial charge in [0.25, 0.3) is 12.3 Å². The molecular formula is C29H27F3N8O. The van der Waals surface area contributed by atoms with Gasteiger partial charge in [-0.25, -0.2) is 28.1 Å². The van der Waals surface area contributed by atoms with Gasteiger partial charge >= 0.3 is 0 Å². The van der Waals surface area contributed by atoms with Crippen LogP contribution in [0.25, 0.3) is 33.8 Å². The summed E-state index contributed by atoms with van der Waals surface area (Å²) >= 11 is 0. The lowest BCUT2D eigenvalue weighted by molar-refractivity contribution is -0.144. The average molecular weight is 561 g/mol. The summed E-state index contributed by atoms with van der Waals surface area (Å²) in [5.41, 5.74) is 10.8. The standard InChI is InChI=1S/C29H27F3N8O/c1-16-8-35-22-7-4-18(10-39(16)22)24-23(17-2-5-19(30)6-3-17)37-25(33)26-36-20(11-40(24)26)27(41)38-29-12-28(13-29,14-29)15-34-9-21(31)32/h2-8,10-11,21,34H,9,12-15H2,1H3,(H2,33,37)(H,38,41). The number of nitrogen functional groups attached to an aromatic ring is 1. The molecule has 3 aliphatic carbocycles. The first-order valence-corrected chi connectivity index (χ1v) is 13.3. The minimum atomic E-state index is -2.38. The van der Waals surface area contributed by atoms with Gasteiger partial charge in [0.05, 0.1) is 17.9 Å². The van der Waals surface area contributed by atoms with Crippen LogP contribution in [0.15, 0.2) is 55.0 Å². The molecule has 5 aromatic rings. The molecule has 12 heteroatoms. The van der Waals surface area contributed by atoms with Crippen molar-refractivity contribution >= 4 is 23.0 Å². The van der Waals surface area contributed by atoms with E-state index in [1.54, 1.807) is 28.9 Å². The molecule has 4 aromatic heterocycles.